The molecule has 2 aliphatic rings. The molecule has 1 aromatic carbocycles. The molecule has 0 unspecified atom stereocenters. The van der Waals surface area contributed by atoms with Gasteiger partial charge in [-0.2, -0.15) is 0 Å². The zero-order valence-corrected chi connectivity index (χ0v) is 14.9. The van der Waals surface area contributed by atoms with E-state index in [0.29, 0.717) is 0 Å². The molecule has 0 atom stereocenters. The minimum Gasteiger partial charge on any atom is -0.336 e. The van der Waals surface area contributed by atoms with Crippen molar-refractivity contribution < 1.29 is 4.79 Å². The second kappa shape index (κ2) is 6.65. The van der Waals surface area contributed by atoms with Crippen LogP contribution in [0, 0.1) is 6.92 Å². The molecule has 0 spiro atoms. The summed E-state index contributed by atoms with van der Waals surface area (Å²) in [6.07, 6.45) is 3.51. The number of aryl methyl sites for hydroxylation is 3. The Morgan fingerprint density at radius 3 is 2.71 bits per heavy atom. The lowest BCUT2D eigenvalue weighted by Gasteiger charge is -2.34. The summed E-state index contributed by atoms with van der Waals surface area (Å²) in [6, 6.07) is 6.28. The summed E-state index contributed by atoms with van der Waals surface area (Å²) in [5.74, 6) is 0.189. The highest BCUT2D eigenvalue weighted by Gasteiger charge is 2.23. The van der Waals surface area contributed by atoms with Crippen molar-refractivity contribution in [2.24, 2.45) is 0 Å². The Kier molecular flexibility index (Phi) is 4.37. The van der Waals surface area contributed by atoms with Crippen LogP contribution >= 0.6 is 11.3 Å². The first-order chi connectivity index (χ1) is 11.7. The maximum atomic E-state index is 12.8. The summed E-state index contributed by atoms with van der Waals surface area (Å²) in [4.78, 5) is 21.7. The fourth-order valence-corrected chi connectivity index (χ4v) is 4.31. The van der Waals surface area contributed by atoms with Gasteiger partial charge in [-0.25, -0.2) is 4.98 Å². The molecular formula is C19H23N3OS. The molecule has 24 heavy (non-hydrogen) atoms. The van der Waals surface area contributed by atoms with Crippen molar-refractivity contribution in [3.05, 3.63) is 51.0 Å². The monoisotopic (exact) mass is 341 g/mol. The fourth-order valence-electron chi connectivity index (χ4n) is 3.71. The number of carbonyl (C=O) groups is 1. The van der Waals surface area contributed by atoms with Gasteiger partial charge in [0.1, 0.15) is 0 Å². The van der Waals surface area contributed by atoms with Gasteiger partial charge in [0.2, 0.25) is 0 Å². The summed E-state index contributed by atoms with van der Waals surface area (Å²) in [5, 5.41) is 3.26. The Morgan fingerprint density at radius 1 is 1.17 bits per heavy atom. The highest BCUT2D eigenvalue weighted by molar-refractivity contribution is 7.09. The molecule has 2 heterocycles. The SMILES string of the molecule is Cc1nc(CN2CCN(C(=O)c3ccc4c(c3)CCC4)CC2)cs1. The largest absolute Gasteiger partial charge is 0.336 e. The molecule has 1 amide bonds. The lowest BCUT2D eigenvalue weighted by Crippen LogP contribution is -2.48. The molecule has 2 aromatic rings. The molecule has 0 bridgehead atoms. The number of aromatic nitrogens is 1. The Balaban J connectivity index is 1.36. The molecule has 0 radical (unpaired) electrons. The van der Waals surface area contributed by atoms with E-state index in [0.717, 1.165) is 55.4 Å². The van der Waals surface area contributed by atoms with Crippen LogP contribution in [0.25, 0.3) is 0 Å². The number of hydrogen-bond acceptors (Lipinski definition) is 4. The van der Waals surface area contributed by atoms with Crippen LogP contribution < -0.4 is 0 Å². The maximum Gasteiger partial charge on any atom is 0.253 e. The average Bonchev–Trinajstić information content (AvgIpc) is 3.23. The predicted octanol–water partition coefficient (Wildman–Crippen LogP) is 2.90. The van der Waals surface area contributed by atoms with Crippen molar-refractivity contribution in [1.29, 1.82) is 0 Å². The molecule has 0 N–H and O–H groups in total. The minimum atomic E-state index is 0.189. The molecule has 1 aromatic heterocycles. The van der Waals surface area contributed by atoms with Crippen LogP contribution in [0.15, 0.2) is 23.6 Å². The van der Waals surface area contributed by atoms with Crippen molar-refractivity contribution >= 4 is 17.2 Å². The van der Waals surface area contributed by atoms with Gasteiger partial charge in [-0.3, -0.25) is 9.69 Å². The van der Waals surface area contributed by atoms with Gasteiger partial charge >= 0.3 is 0 Å². The molecule has 126 valence electrons. The third-order valence-electron chi connectivity index (χ3n) is 5.06. The van der Waals surface area contributed by atoms with Crippen molar-refractivity contribution in [3.63, 3.8) is 0 Å². The number of nitrogens with zero attached hydrogens (tertiary/aromatic N) is 3. The summed E-state index contributed by atoms with van der Waals surface area (Å²) in [6.45, 7) is 6.39. The van der Waals surface area contributed by atoms with Gasteiger partial charge in [0.05, 0.1) is 10.7 Å². The van der Waals surface area contributed by atoms with Crippen LogP contribution in [0.5, 0.6) is 0 Å². The second-order valence-electron chi connectivity index (χ2n) is 6.76. The standard InChI is InChI=1S/C19H23N3OS/c1-14-20-18(13-24-14)12-21-7-9-22(10-8-21)19(23)17-6-5-15-3-2-4-16(15)11-17/h5-6,11,13H,2-4,7-10,12H2,1H3. The molecule has 1 aliphatic carbocycles. The van der Waals surface area contributed by atoms with Gasteiger partial charge in [-0.15, -0.1) is 11.3 Å². The van der Waals surface area contributed by atoms with Gasteiger partial charge in [-0.1, -0.05) is 6.07 Å². The van der Waals surface area contributed by atoms with E-state index in [4.69, 9.17) is 0 Å². The number of fused-ring (bicyclic) bond motifs is 1. The van der Waals surface area contributed by atoms with Crippen LogP contribution in [0.4, 0.5) is 0 Å². The van der Waals surface area contributed by atoms with Gasteiger partial charge < -0.3 is 4.90 Å². The predicted molar refractivity (Wildman–Crippen MR) is 96.5 cm³/mol. The number of rotatable bonds is 3. The van der Waals surface area contributed by atoms with Gasteiger partial charge in [0.25, 0.3) is 5.91 Å². The van der Waals surface area contributed by atoms with E-state index >= 15 is 0 Å². The highest BCUT2D eigenvalue weighted by Crippen LogP contribution is 2.23. The zero-order valence-electron chi connectivity index (χ0n) is 14.1. The Morgan fingerprint density at radius 2 is 1.96 bits per heavy atom. The van der Waals surface area contributed by atoms with Crippen LogP contribution in [-0.2, 0) is 19.4 Å². The van der Waals surface area contributed by atoms with Crippen molar-refractivity contribution in [1.82, 2.24) is 14.8 Å². The smallest absolute Gasteiger partial charge is 0.253 e. The molecular weight excluding hydrogens is 318 g/mol. The molecule has 1 aliphatic heterocycles. The topological polar surface area (TPSA) is 36.4 Å². The van der Waals surface area contributed by atoms with E-state index < -0.39 is 0 Å². The third-order valence-corrected chi connectivity index (χ3v) is 5.88. The summed E-state index contributed by atoms with van der Waals surface area (Å²) in [5.41, 5.74) is 4.81. The second-order valence-corrected chi connectivity index (χ2v) is 7.83. The quantitative estimate of drug-likeness (QED) is 0.861. The van der Waals surface area contributed by atoms with E-state index in [-0.39, 0.29) is 5.91 Å². The van der Waals surface area contributed by atoms with Crippen molar-refractivity contribution in [2.45, 2.75) is 32.7 Å². The number of piperazine rings is 1. The first kappa shape index (κ1) is 15.8. The Bertz CT molecular complexity index is 747. The third kappa shape index (κ3) is 3.23. The van der Waals surface area contributed by atoms with E-state index in [1.807, 2.05) is 17.9 Å². The zero-order chi connectivity index (χ0) is 16.5. The first-order valence-electron chi connectivity index (χ1n) is 8.73. The van der Waals surface area contributed by atoms with Crippen molar-refractivity contribution in [2.75, 3.05) is 26.2 Å². The molecule has 1 fully saturated rings. The first-order valence-corrected chi connectivity index (χ1v) is 9.61. The number of hydrogen-bond donors (Lipinski definition) is 0. The molecule has 0 saturated carbocycles. The van der Waals surface area contributed by atoms with E-state index in [2.05, 4.69) is 27.4 Å². The lowest BCUT2D eigenvalue weighted by atomic mass is 10.1. The van der Waals surface area contributed by atoms with Crippen LogP contribution in [0.3, 0.4) is 0 Å². The molecule has 1 saturated heterocycles. The average molecular weight is 341 g/mol. The van der Waals surface area contributed by atoms with E-state index in [1.165, 1.54) is 24.0 Å². The maximum absolute atomic E-state index is 12.8. The fraction of sp³-hybridized carbons (Fsp3) is 0.474. The summed E-state index contributed by atoms with van der Waals surface area (Å²) in [7, 11) is 0. The molecule has 4 rings (SSSR count). The minimum absolute atomic E-state index is 0.189. The van der Waals surface area contributed by atoms with Gasteiger partial charge in [-0.05, 0) is 49.4 Å². The number of benzene rings is 1. The number of carbonyl (C=O) groups excluding carboxylic acids is 1. The Labute approximate surface area is 147 Å². The highest BCUT2D eigenvalue weighted by atomic mass is 32.1. The van der Waals surface area contributed by atoms with Crippen LogP contribution in [-0.4, -0.2) is 46.9 Å². The molecule has 4 nitrogen and oxygen atoms in total. The number of thiazole rings is 1. The van der Waals surface area contributed by atoms with Crippen LogP contribution in [0.2, 0.25) is 0 Å². The lowest BCUT2D eigenvalue weighted by molar-refractivity contribution is 0.0627. The normalized spacial score (nSPS) is 18.0. The Hall–Kier alpha value is -1.72. The van der Waals surface area contributed by atoms with Gasteiger partial charge in [0, 0.05) is 43.7 Å². The number of amides is 1. The van der Waals surface area contributed by atoms with E-state index in [9.17, 15) is 4.79 Å². The van der Waals surface area contributed by atoms with E-state index in [1.54, 1.807) is 11.3 Å². The summed E-state index contributed by atoms with van der Waals surface area (Å²) >= 11 is 1.70. The molecule has 5 heteroatoms. The summed E-state index contributed by atoms with van der Waals surface area (Å²) < 4.78 is 0. The van der Waals surface area contributed by atoms with Crippen molar-refractivity contribution in [3.8, 4) is 0 Å². The van der Waals surface area contributed by atoms with Gasteiger partial charge in [0.15, 0.2) is 0 Å². The van der Waals surface area contributed by atoms with Crippen LogP contribution in [0.1, 0.15) is 38.6 Å².